The second-order valence-electron chi connectivity index (χ2n) is 15.5. The Labute approximate surface area is 319 Å². The van der Waals surface area contributed by atoms with Crippen molar-refractivity contribution in [2.75, 3.05) is 0 Å². The van der Waals surface area contributed by atoms with E-state index < -0.39 is 13.3 Å². The first-order valence-electron chi connectivity index (χ1n) is 17.6. The maximum absolute atomic E-state index is 6.28. The van der Waals surface area contributed by atoms with Crippen LogP contribution < -0.4 is 4.40 Å². The van der Waals surface area contributed by atoms with Crippen molar-refractivity contribution in [2.24, 2.45) is 10.4 Å². The summed E-state index contributed by atoms with van der Waals surface area (Å²) in [4.78, 5) is 9.77. The molecule has 8 rings (SSSR count). The van der Waals surface area contributed by atoms with Crippen molar-refractivity contribution in [3.05, 3.63) is 162 Å². The van der Waals surface area contributed by atoms with E-state index in [-0.39, 0.29) is 26.0 Å². The van der Waals surface area contributed by atoms with Gasteiger partial charge in [-0.05, 0) is 41.3 Å². The summed E-state index contributed by atoms with van der Waals surface area (Å²) in [6.45, 7) is 6.92. The van der Waals surface area contributed by atoms with Gasteiger partial charge in [0.15, 0.2) is 0 Å². The van der Waals surface area contributed by atoms with Gasteiger partial charge in [-0.2, -0.15) is 0 Å². The number of pyridine rings is 1. The summed E-state index contributed by atoms with van der Waals surface area (Å²) in [7, 11) is 0. The average Bonchev–Trinajstić information content (AvgIpc) is 3.67. The molecule has 0 aliphatic carbocycles. The third-order valence-electron chi connectivity index (χ3n) is 9.26. The van der Waals surface area contributed by atoms with Crippen molar-refractivity contribution in [2.45, 2.75) is 56.8 Å². The van der Waals surface area contributed by atoms with Gasteiger partial charge in [-0.3, -0.25) is 0 Å². The Balaban J connectivity index is 0.000000182. The topological polar surface area (TPSA) is 38.4 Å². The van der Waals surface area contributed by atoms with Gasteiger partial charge in [0.05, 0.1) is 11.3 Å². The van der Waals surface area contributed by atoms with Gasteiger partial charge in [0.2, 0.25) is 0 Å². The van der Waals surface area contributed by atoms with E-state index in [0.29, 0.717) is 5.41 Å². The van der Waals surface area contributed by atoms with E-state index in [0.717, 1.165) is 63.0 Å². The molecule has 259 valence electrons. The first-order valence-corrected chi connectivity index (χ1v) is 24.9. The number of benzene rings is 5. The van der Waals surface area contributed by atoms with E-state index in [1.807, 2.05) is 36.4 Å². The summed E-state index contributed by atoms with van der Waals surface area (Å²) in [5.41, 5.74) is 11.3. The molecule has 3 nitrogen and oxygen atoms in total. The molecule has 1 aliphatic heterocycles. The fraction of sp³-hybridized carbons (Fsp3) is 0.217. The normalized spacial score (nSPS) is 14.0. The van der Waals surface area contributed by atoms with Gasteiger partial charge in [0.1, 0.15) is 5.58 Å². The minimum absolute atomic E-state index is 0. The molecule has 0 amide bonds. The Kier molecular flexibility index (Phi) is 11.0. The fourth-order valence-electron chi connectivity index (χ4n) is 7.00. The van der Waals surface area contributed by atoms with Gasteiger partial charge in [0, 0.05) is 25.5 Å². The molecule has 7 aromatic rings. The van der Waals surface area contributed by atoms with Crippen molar-refractivity contribution in [1.82, 2.24) is 4.98 Å². The Morgan fingerprint density at radius 3 is 2.24 bits per heavy atom. The van der Waals surface area contributed by atoms with Crippen molar-refractivity contribution < 1.29 is 24.5 Å². The summed E-state index contributed by atoms with van der Waals surface area (Å²) in [5.74, 6) is 7.51. The van der Waals surface area contributed by atoms with Crippen LogP contribution in [0.4, 0.5) is 5.69 Å². The minimum Gasteiger partial charge on any atom is -0.501 e. The number of para-hydroxylation sites is 2. The number of aromatic nitrogens is 1. The van der Waals surface area contributed by atoms with Crippen LogP contribution >= 0.6 is 0 Å². The molecule has 0 fully saturated rings. The van der Waals surface area contributed by atoms with E-state index in [1.165, 1.54) is 21.1 Å². The van der Waals surface area contributed by atoms with Crippen LogP contribution in [0.2, 0.25) is 17.3 Å². The smallest absolute Gasteiger partial charge is 0.120 e. The Morgan fingerprint density at radius 1 is 0.765 bits per heavy atom. The van der Waals surface area contributed by atoms with Crippen LogP contribution in [0.5, 0.6) is 0 Å². The molecule has 1 unspecified atom stereocenters. The summed E-state index contributed by atoms with van der Waals surface area (Å²) in [6.07, 6.45) is 4.14. The number of nitrogens with zero attached hydrogens (tertiary/aromatic N) is 2. The van der Waals surface area contributed by atoms with Crippen LogP contribution in [0.3, 0.4) is 0 Å². The summed E-state index contributed by atoms with van der Waals surface area (Å²) in [6, 6.07) is 48.4. The van der Waals surface area contributed by atoms with E-state index in [4.69, 9.17) is 14.4 Å². The molecular weight excluding hydrogens is 861 g/mol. The van der Waals surface area contributed by atoms with Gasteiger partial charge in [0.25, 0.3) is 0 Å². The zero-order valence-corrected chi connectivity index (χ0v) is 34.7. The summed E-state index contributed by atoms with van der Waals surface area (Å²) >= 11 is -1.90. The van der Waals surface area contributed by atoms with Gasteiger partial charge in [-0.1, -0.05) is 77.7 Å². The molecule has 5 aromatic carbocycles. The molecule has 1 radical (unpaired) electrons. The zero-order chi connectivity index (χ0) is 34.9. The van der Waals surface area contributed by atoms with Crippen LogP contribution in [0.1, 0.15) is 48.9 Å². The molecule has 5 heteroatoms. The quantitative estimate of drug-likeness (QED) is 0.123. The first kappa shape index (κ1) is 36.7. The molecule has 0 saturated carbocycles. The van der Waals surface area contributed by atoms with Crippen LogP contribution in [0.15, 0.2) is 137 Å². The van der Waals surface area contributed by atoms with E-state index in [9.17, 15) is 0 Å². The van der Waals surface area contributed by atoms with Gasteiger partial charge < -0.3 is 9.41 Å². The van der Waals surface area contributed by atoms with Crippen molar-refractivity contribution in [1.29, 1.82) is 0 Å². The molecule has 0 spiro atoms. The molecule has 2 aromatic heterocycles. The van der Waals surface area contributed by atoms with E-state index >= 15 is 0 Å². The Bertz CT molecular complexity index is 2300. The first-order chi connectivity index (χ1) is 24.0. The third kappa shape index (κ3) is 8.20. The molecule has 1 atom stereocenters. The average molecular weight is 906 g/mol. The van der Waals surface area contributed by atoms with Crippen LogP contribution in [0, 0.1) is 17.5 Å². The number of aliphatic imine (C=N–C) groups is 1. The zero-order valence-electron chi connectivity index (χ0n) is 30.3. The van der Waals surface area contributed by atoms with Gasteiger partial charge in [-0.15, -0.1) is 18.2 Å². The molecule has 51 heavy (non-hydrogen) atoms. The van der Waals surface area contributed by atoms with Crippen molar-refractivity contribution in [3.63, 3.8) is 0 Å². The van der Waals surface area contributed by atoms with Crippen molar-refractivity contribution >= 4 is 51.0 Å². The number of hydrogen-bond acceptors (Lipinski definition) is 3. The summed E-state index contributed by atoms with van der Waals surface area (Å²) < 4.78 is 7.81. The second-order valence-corrected chi connectivity index (χ2v) is 26.1. The van der Waals surface area contributed by atoms with Crippen LogP contribution in [-0.4, -0.2) is 24.0 Å². The third-order valence-corrected chi connectivity index (χ3v) is 13.6. The number of hydrogen-bond donors (Lipinski definition) is 0. The number of fused-ring (bicyclic) bond motifs is 4. The molecule has 1 aliphatic rings. The predicted molar refractivity (Wildman–Crippen MR) is 213 cm³/mol. The van der Waals surface area contributed by atoms with Crippen LogP contribution in [0.25, 0.3) is 33.2 Å². The Hall–Kier alpha value is -4.09. The second kappa shape index (κ2) is 15.3. The molecule has 0 bridgehead atoms. The van der Waals surface area contributed by atoms with Gasteiger partial charge in [-0.25, -0.2) is 0 Å². The number of rotatable bonds is 6. The predicted octanol–water partition coefficient (Wildman–Crippen LogP) is 11.5. The van der Waals surface area contributed by atoms with Gasteiger partial charge >= 0.3 is 132 Å². The molecule has 0 saturated heterocycles. The monoisotopic (exact) mass is 907 g/mol. The molecule has 0 N–H and O–H groups in total. The minimum atomic E-state index is -1.90. The largest absolute Gasteiger partial charge is 0.501 e. The summed E-state index contributed by atoms with van der Waals surface area (Å²) in [5, 5.41) is 2.25. The van der Waals surface area contributed by atoms with Crippen LogP contribution in [-0.2, 0) is 32.9 Å². The fourth-order valence-corrected chi connectivity index (χ4v) is 10.3. The number of furan rings is 1. The molecular formula is C46H44GeIrN2O-2. The SMILES string of the molecule is CC(C)(C)Cc1cc(-c2[c-]cccc2)nc[c]1[Ge]([CH3])([CH3])[CH3].[Ir].[c-]1ccc2c(oc3ccccc32)c1C1=Nc2ccccc2C1Cc1ccccc1. The molecule has 3 heterocycles. The maximum Gasteiger partial charge on any atom is 0.120 e. The standard InChI is InChI=1S/C27H18NO.C19H26GeN.Ir/c1-2-9-18(10-3-1)17-23-19-11-4-6-15-24(19)28-26(23)22-14-8-13-21-20-12-5-7-16-25(20)29-27(21)22;1-19(2,3)13-16-12-18(15-10-8-7-9-11-15)21-14-17(16)20(4,5)6;/h1-13,15-16,23H,17H2;7-10,12,14H,13H2,1-6H3;/q2*-1;. The Morgan fingerprint density at radius 2 is 1.49 bits per heavy atom. The maximum atomic E-state index is 6.28. The van der Waals surface area contributed by atoms with E-state index in [2.05, 4.69) is 141 Å². The van der Waals surface area contributed by atoms with Crippen molar-refractivity contribution in [3.8, 4) is 11.3 Å². The van der Waals surface area contributed by atoms with E-state index in [1.54, 1.807) is 0 Å².